The monoisotopic (exact) mass is 485 g/mol. The van der Waals surface area contributed by atoms with Crippen LogP contribution >= 0.6 is 0 Å². The number of hydrogen-bond acceptors (Lipinski definition) is 2. The second-order valence-corrected chi connectivity index (χ2v) is 10.4. The van der Waals surface area contributed by atoms with Crippen molar-refractivity contribution in [3.63, 3.8) is 0 Å². The maximum atomic E-state index is 9.81. The van der Waals surface area contributed by atoms with Crippen LogP contribution in [0, 0.1) is 22.7 Å². The summed E-state index contributed by atoms with van der Waals surface area (Å²) in [6.45, 7) is 4.59. The van der Waals surface area contributed by atoms with Crippen molar-refractivity contribution in [1.29, 1.82) is 10.5 Å². The van der Waals surface area contributed by atoms with Gasteiger partial charge in [-0.2, -0.15) is 10.5 Å². The summed E-state index contributed by atoms with van der Waals surface area (Å²) in [5.41, 5.74) is 11.0. The van der Waals surface area contributed by atoms with E-state index in [0.717, 1.165) is 27.7 Å². The lowest BCUT2D eigenvalue weighted by molar-refractivity contribution is 0.660. The van der Waals surface area contributed by atoms with Gasteiger partial charge in [0, 0.05) is 27.4 Å². The van der Waals surface area contributed by atoms with Crippen molar-refractivity contribution in [3.05, 3.63) is 125 Å². The van der Waals surface area contributed by atoms with Gasteiger partial charge in [-0.15, -0.1) is 0 Å². The predicted molar refractivity (Wildman–Crippen MR) is 153 cm³/mol. The molecule has 0 fully saturated rings. The van der Waals surface area contributed by atoms with Crippen LogP contribution in [-0.2, 0) is 5.41 Å². The molecule has 38 heavy (non-hydrogen) atoms. The molecule has 0 saturated heterocycles. The van der Waals surface area contributed by atoms with E-state index in [1.165, 1.54) is 27.6 Å². The van der Waals surface area contributed by atoms with Crippen molar-refractivity contribution in [1.82, 2.24) is 4.57 Å². The fourth-order valence-corrected chi connectivity index (χ4v) is 6.30. The third kappa shape index (κ3) is 2.94. The highest BCUT2D eigenvalue weighted by Crippen LogP contribution is 2.49. The molecular formula is C35H23N3. The van der Waals surface area contributed by atoms with Gasteiger partial charge in [-0.05, 0) is 64.2 Å². The van der Waals surface area contributed by atoms with E-state index in [-0.39, 0.29) is 5.41 Å². The maximum absolute atomic E-state index is 9.81. The van der Waals surface area contributed by atoms with Crippen molar-refractivity contribution in [3.8, 4) is 40.1 Å². The molecule has 3 nitrogen and oxygen atoms in total. The molecule has 1 aliphatic carbocycles. The molecule has 178 valence electrons. The Bertz CT molecular complexity index is 1990. The molecule has 6 aromatic rings. The highest BCUT2D eigenvalue weighted by atomic mass is 15.0. The van der Waals surface area contributed by atoms with E-state index in [4.69, 9.17) is 0 Å². The highest BCUT2D eigenvalue weighted by molar-refractivity contribution is 6.10. The Morgan fingerprint density at radius 3 is 2.08 bits per heavy atom. The molecular weight excluding hydrogens is 462 g/mol. The number of nitriles is 2. The first-order valence-electron chi connectivity index (χ1n) is 12.7. The Balaban J connectivity index is 1.54. The molecule has 0 saturated carbocycles. The van der Waals surface area contributed by atoms with Crippen LogP contribution in [0.25, 0.3) is 49.7 Å². The van der Waals surface area contributed by atoms with Gasteiger partial charge in [-0.3, -0.25) is 0 Å². The lowest BCUT2D eigenvalue weighted by Crippen LogP contribution is -2.14. The summed E-state index contributed by atoms with van der Waals surface area (Å²) in [5.74, 6) is 0. The van der Waals surface area contributed by atoms with E-state index in [1.54, 1.807) is 18.2 Å². The van der Waals surface area contributed by atoms with Crippen molar-refractivity contribution >= 4 is 21.8 Å². The number of aromatic nitrogens is 1. The van der Waals surface area contributed by atoms with Gasteiger partial charge in [0.15, 0.2) is 0 Å². The molecule has 0 atom stereocenters. The molecule has 0 bridgehead atoms. The molecule has 7 rings (SSSR count). The molecule has 1 aliphatic rings. The summed E-state index contributed by atoms with van der Waals surface area (Å²) >= 11 is 0. The first-order valence-corrected chi connectivity index (χ1v) is 12.7. The fourth-order valence-electron chi connectivity index (χ4n) is 6.30. The number of benzene rings is 5. The van der Waals surface area contributed by atoms with Gasteiger partial charge in [0.1, 0.15) is 0 Å². The minimum atomic E-state index is -0.0485. The summed E-state index contributed by atoms with van der Waals surface area (Å²) in [6.07, 6.45) is 0. The maximum Gasteiger partial charge on any atom is 0.0998 e. The summed E-state index contributed by atoms with van der Waals surface area (Å²) in [6, 6.07) is 40.1. The van der Waals surface area contributed by atoms with E-state index in [9.17, 15) is 10.5 Å². The van der Waals surface area contributed by atoms with Gasteiger partial charge in [-0.1, -0.05) is 80.6 Å². The Morgan fingerprint density at radius 2 is 1.29 bits per heavy atom. The largest absolute Gasteiger partial charge is 0.309 e. The zero-order chi connectivity index (χ0) is 26.0. The van der Waals surface area contributed by atoms with E-state index in [0.29, 0.717) is 16.7 Å². The third-order valence-electron chi connectivity index (χ3n) is 8.09. The van der Waals surface area contributed by atoms with Gasteiger partial charge < -0.3 is 4.57 Å². The number of rotatable bonds is 2. The molecule has 3 heteroatoms. The lowest BCUT2D eigenvalue weighted by Gasteiger charge is -2.21. The molecule has 5 aromatic carbocycles. The second kappa shape index (κ2) is 7.94. The number of nitrogens with zero attached hydrogens (tertiary/aromatic N) is 3. The van der Waals surface area contributed by atoms with Gasteiger partial charge in [0.25, 0.3) is 0 Å². The Labute approximate surface area is 221 Å². The second-order valence-electron chi connectivity index (χ2n) is 10.4. The average Bonchev–Trinajstić information content (AvgIpc) is 3.41. The first-order chi connectivity index (χ1) is 18.5. The van der Waals surface area contributed by atoms with Crippen LogP contribution in [0.5, 0.6) is 0 Å². The number of hydrogen-bond donors (Lipinski definition) is 0. The molecule has 0 radical (unpaired) electrons. The molecule has 1 aromatic heterocycles. The minimum Gasteiger partial charge on any atom is -0.309 e. The van der Waals surface area contributed by atoms with Crippen molar-refractivity contribution in [2.45, 2.75) is 19.3 Å². The van der Waals surface area contributed by atoms with E-state index < -0.39 is 0 Å². The Kier molecular flexibility index (Phi) is 4.62. The molecule has 1 heterocycles. The summed E-state index contributed by atoms with van der Waals surface area (Å²) in [7, 11) is 0. The SMILES string of the molecule is CC1(C)c2ccccc2-c2cc(-n3c4ccccc4c4ccc(-c5c(C#N)cccc5C#N)cc43)ccc21. The highest BCUT2D eigenvalue weighted by Gasteiger charge is 2.35. The summed E-state index contributed by atoms with van der Waals surface area (Å²) in [4.78, 5) is 0. The number of fused-ring (bicyclic) bond motifs is 6. The molecule has 0 amide bonds. The quantitative estimate of drug-likeness (QED) is 0.247. The molecule has 0 unspecified atom stereocenters. The van der Waals surface area contributed by atoms with Gasteiger partial charge in [0.2, 0.25) is 0 Å². The average molecular weight is 486 g/mol. The topological polar surface area (TPSA) is 52.5 Å². The summed E-state index contributed by atoms with van der Waals surface area (Å²) in [5, 5.41) is 21.9. The van der Waals surface area contributed by atoms with Gasteiger partial charge in [-0.25, -0.2) is 0 Å². The van der Waals surface area contributed by atoms with Crippen molar-refractivity contribution < 1.29 is 0 Å². The normalized spacial score (nSPS) is 13.2. The van der Waals surface area contributed by atoms with E-state index in [2.05, 4.69) is 109 Å². The third-order valence-corrected chi connectivity index (χ3v) is 8.09. The lowest BCUT2D eigenvalue weighted by atomic mass is 9.82. The van der Waals surface area contributed by atoms with Crippen LogP contribution in [0.1, 0.15) is 36.1 Å². The van der Waals surface area contributed by atoms with Gasteiger partial charge in [0.05, 0.1) is 34.3 Å². The van der Waals surface area contributed by atoms with Crippen LogP contribution in [-0.4, -0.2) is 4.57 Å². The standard InChI is InChI=1S/C35H23N3/c1-35(2)30-12-5-3-10-26(30)29-19-25(15-17-31(29)35)38-32-13-6-4-11-27(32)28-16-14-22(18-33(28)38)34-23(20-36)8-7-9-24(34)21-37/h3-19H,1-2H3. The molecule has 0 N–H and O–H groups in total. The Hall–Kier alpha value is -5.12. The Morgan fingerprint density at radius 1 is 0.605 bits per heavy atom. The van der Waals surface area contributed by atoms with Crippen LogP contribution in [0.15, 0.2) is 103 Å². The van der Waals surface area contributed by atoms with Crippen molar-refractivity contribution in [2.75, 3.05) is 0 Å². The van der Waals surface area contributed by atoms with Crippen LogP contribution in [0.2, 0.25) is 0 Å². The van der Waals surface area contributed by atoms with E-state index in [1.807, 2.05) is 6.07 Å². The van der Waals surface area contributed by atoms with E-state index >= 15 is 0 Å². The van der Waals surface area contributed by atoms with Crippen LogP contribution in [0.4, 0.5) is 0 Å². The molecule has 0 aliphatic heterocycles. The zero-order valence-corrected chi connectivity index (χ0v) is 21.2. The molecule has 0 spiro atoms. The predicted octanol–water partition coefficient (Wildman–Crippen LogP) is 8.50. The number of para-hydroxylation sites is 1. The van der Waals surface area contributed by atoms with Crippen LogP contribution < -0.4 is 0 Å². The first kappa shape index (κ1) is 22.1. The van der Waals surface area contributed by atoms with Crippen molar-refractivity contribution in [2.24, 2.45) is 0 Å². The smallest absolute Gasteiger partial charge is 0.0998 e. The van der Waals surface area contributed by atoms with Gasteiger partial charge >= 0.3 is 0 Å². The zero-order valence-electron chi connectivity index (χ0n) is 21.2. The fraction of sp³-hybridized carbons (Fsp3) is 0.0857. The minimum absolute atomic E-state index is 0.0485. The van der Waals surface area contributed by atoms with Crippen LogP contribution in [0.3, 0.4) is 0 Å². The summed E-state index contributed by atoms with van der Waals surface area (Å²) < 4.78 is 2.31.